The van der Waals surface area contributed by atoms with Crippen LogP contribution in [0.3, 0.4) is 0 Å². The van der Waals surface area contributed by atoms with Crippen LogP contribution in [-0.2, 0) is 0 Å². The zero-order chi connectivity index (χ0) is 44.7. The van der Waals surface area contributed by atoms with Crippen LogP contribution in [0.5, 0.6) is 0 Å². The van der Waals surface area contributed by atoms with Gasteiger partial charge in [-0.1, -0.05) is 89.2 Å². The van der Waals surface area contributed by atoms with Crippen LogP contribution in [0, 0.1) is 0 Å². The maximum absolute atomic E-state index is 2.66. The van der Waals surface area contributed by atoms with Crippen molar-refractivity contribution < 1.29 is 0 Å². The molecular weight excluding hydrogens is 729 g/mol. The van der Waals surface area contributed by atoms with Gasteiger partial charge in [0.2, 0.25) is 0 Å². The van der Waals surface area contributed by atoms with Crippen LogP contribution in [0.2, 0.25) is 0 Å². The molecule has 0 spiro atoms. The largest absolute Gasteiger partial charge is 0.375 e. The van der Waals surface area contributed by atoms with Crippen molar-refractivity contribution in [1.82, 2.24) is 49.0 Å². The highest BCUT2D eigenvalue weighted by molar-refractivity contribution is 4.81. The summed E-state index contributed by atoms with van der Waals surface area (Å²) in [5, 5.41) is 0. The van der Waals surface area contributed by atoms with E-state index in [0.29, 0.717) is 6.04 Å². The lowest BCUT2D eigenvalue weighted by Crippen LogP contribution is -2.44. The molecule has 0 aromatic heterocycles. The third-order valence-corrected chi connectivity index (χ3v) is 12.6. The standard InChI is InChI=1S/C18H38N4.C16H37N3.C15H35N3/c1-5-8-20-13-11-19(4)12-14-21(9-6-2)16-18-22(10-7-3)17-15-20;1-7-16(6)19(14-12-17(8-2)9-3)15-13-18(10-4)11-5;1-6-11-17(9-4)14-15-18(10-5)13-12-16(7-2)8-3/h5,8H,6-7,9-18H2,1-4H3;16H,7-15H2,1-6H3;6-15H2,1-5H3/b8-5-;;. The molecule has 1 rings (SSSR count). The van der Waals surface area contributed by atoms with E-state index in [9.17, 15) is 0 Å². The van der Waals surface area contributed by atoms with Gasteiger partial charge >= 0.3 is 0 Å². The number of hydrogen-bond acceptors (Lipinski definition) is 10. The predicted molar refractivity (Wildman–Crippen MR) is 267 cm³/mol. The van der Waals surface area contributed by atoms with E-state index in [0.717, 1.165) is 19.6 Å². The highest BCUT2D eigenvalue weighted by atomic mass is 15.3. The fourth-order valence-corrected chi connectivity index (χ4v) is 7.76. The molecule has 1 atom stereocenters. The molecule has 1 aliphatic heterocycles. The SMILES string of the molecule is C/C=C\N1CCN(C)CCN(CCC)CCN(CCC)CC1.CCC(C)N(CCN(CC)CC)CCN(CC)CC.CCCN(CC)CCN(CC)CCN(CC)CC. The third-order valence-electron chi connectivity index (χ3n) is 12.6. The van der Waals surface area contributed by atoms with Crippen molar-refractivity contribution in [2.75, 3.05) is 184 Å². The van der Waals surface area contributed by atoms with Gasteiger partial charge in [0.25, 0.3) is 0 Å². The number of nitrogens with zero attached hydrogens (tertiary/aromatic N) is 10. The normalized spacial score (nSPS) is 16.3. The topological polar surface area (TPSA) is 32.4 Å². The Bertz CT molecular complexity index is 850. The number of rotatable bonds is 29. The van der Waals surface area contributed by atoms with Gasteiger partial charge in [0, 0.05) is 111 Å². The van der Waals surface area contributed by atoms with Gasteiger partial charge in [0.05, 0.1) is 0 Å². The second-order valence-corrected chi connectivity index (χ2v) is 16.7. The molecular formula is C49H110N10. The molecule has 0 aromatic rings. The van der Waals surface area contributed by atoms with E-state index in [-0.39, 0.29) is 0 Å². The van der Waals surface area contributed by atoms with Crippen molar-refractivity contribution in [3.8, 4) is 0 Å². The van der Waals surface area contributed by atoms with Crippen LogP contribution in [0.4, 0.5) is 0 Å². The summed E-state index contributed by atoms with van der Waals surface area (Å²) in [7, 11) is 2.26. The maximum atomic E-state index is 2.66. The van der Waals surface area contributed by atoms with E-state index in [1.807, 2.05) is 0 Å². The fraction of sp³-hybridized carbons (Fsp3) is 0.959. The molecule has 10 heteroatoms. The summed E-state index contributed by atoms with van der Waals surface area (Å²) in [5.74, 6) is 0. The first-order valence-electron chi connectivity index (χ1n) is 25.4. The van der Waals surface area contributed by atoms with Gasteiger partial charge in [-0.3, -0.25) is 4.90 Å². The van der Waals surface area contributed by atoms with Crippen molar-refractivity contribution >= 4 is 0 Å². The Balaban J connectivity index is 0. The smallest absolute Gasteiger partial charge is 0.0300 e. The first kappa shape index (κ1) is 60.3. The molecule has 0 N–H and O–H groups in total. The van der Waals surface area contributed by atoms with E-state index in [1.165, 1.54) is 183 Å². The molecule has 0 saturated carbocycles. The monoisotopic (exact) mass is 839 g/mol. The van der Waals surface area contributed by atoms with E-state index in [4.69, 9.17) is 0 Å². The minimum absolute atomic E-state index is 0.700. The van der Waals surface area contributed by atoms with E-state index in [1.54, 1.807) is 0 Å². The van der Waals surface area contributed by atoms with Crippen molar-refractivity contribution in [3.63, 3.8) is 0 Å². The minimum atomic E-state index is 0.700. The van der Waals surface area contributed by atoms with Crippen molar-refractivity contribution in [3.05, 3.63) is 12.3 Å². The Morgan fingerprint density at radius 3 is 1.14 bits per heavy atom. The van der Waals surface area contributed by atoms with Crippen molar-refractivity contribution in [2.24, 2.45) is 0 Å². The first-order valence-corrected chi connectivity index (χ1v) is 25.4. The lowest BCUT2D eigenvalue weighted by atomic mass is 10.2. The number of allylic oxidation sites excluding steroid dienone is 1. The molecule has 1 heterocycles. The van der Waals surface area contributed by atoms with Crippen LogP contribution in [0.25, 0.3) is 0 Å². The van der Waals surface area contributed by atoms with Gasteiger partial charge in [-0.05, 0) is 125 Å². The lowest BCUT2D eigenvalue weighted by Gasteiger charge is -2.32. The number of likely N-dealkylation sites (N-methyl/N-ethyl adjacent to an activating group) is 6. The Morgan fingerprint density at radius 1 is 0.424 bits per heavy atom. The Morgan fingerprint density at radius 2 is 0.763 bits per heavy atom. The van der Waals surface area contributed by atoms with Gasteiger partial charge in [0.15, 0.2) is 0 Å². The molecule has 1 fully saturated rings. The first-order chi connectivity index (χ1) is 28.5. The highest BCUT2D eigenvalue weighted by Crippen LogP contribution is 2.05. The van der Waals surface area contributed by atoms with E-state index < -0.39 is 0 Å². The maximum Gasteiger partial charge on any atom is 0.0300 e. The zero-order valence-electron chi connectivity index (χ0n) is 43.1. The van der Waals surface area contributed by atoms with Gasteiger partial charge < -0.3 is 44.1 Å². The average molecular weight is 839 g/mol. The molecule has 0 aromatic carbocycles. The van der Waals surface area contributed by atoms with Crippen molar-refractivity contribution in [2.45, 2.75) is 129 Å². The van der Waals surface area contributed by atoms with Crippen LogP contribution in [0.15, 0.2) is 12.3 Å². The summed E-state index contributed by atoms with van der Waals surface area (Å²) < 4.78 is 0. The summed E-state index contributed by atoms with van der Waals surface area (Å²) in [6.45, 7) is 63.9. The summed E-state index contributed by atoms with van der Waals surface area (Å²) in [4.78, 5) is 25.6. The second-order valence-electron chi connectivity index (χ2n) is 16.7. The third kappa shape index (κ3) is 32.5. The van der Waals surface area contributed by atoms with Gasteiger partial charge in [0.1, 0.15) is 0 Å². The van der Waals surface area contributed by atoms with Gasteiger partial charge in [-0.2, -0.15) is 0 Å². The molecule has 1 unspecified atom stereocenters. The van der Waals surface area contributed by atoms with E-state index in [2.05, 4.69) is 165 Å². The van der Waals surface area contributed by atoms with Crippen LogP contribution >= 0.6 is 0 Å². The summed E-state index contributed by atoms with van der Waals surface area (Å²) >= 11 is 0. The molecule has 0 amide bonds. The lowest BCUT2D eigenvalue weighted by molar-refractivity contribution is 0.148. The summed E-state index contributed by atoms with van der Waals surface area (Å²) in [6, 6.07) is 0.700. The summed E-state index contributed by atoms with van der Waals surface area (Å²) in [5.41, 5.74) is 0. The minimum Gasteiger partial charge on any atom is -0.375 e. The van der Waals surface area contributed by atoms with Crippen LogP contribution in [-0.4, -0.2) is 239 Å². The Hall–Kier alpha value is -0.820. The molecule has 0 radical (unpaired) electrons. The van der Waals surface area contributed by atoms with Gasteiger partial charge in [-0.25, -0.2) is 0 Å². The molecule has 356 valence electrons. The molecule has 1 saturated heterocycles. The Kier molecular flexibility index (Phi) is 43.4. The second kappa shape index (κ2) is 42.5. The molecule has 10 nitrogen and oxygen atoms in total. The van der Waals surface area contributed by atoms with Crippen LogP contribution < -0.4 is 0 Å². The highest BCUT2D eigenvalue weighted by Gasteiger charge is 2.15. The molecule has 59 heavy (non-hydrogen) atoms. The van der Waals surface area contributed by atoms with Gasteiger partial charge in [-0.15, -0.1) is 0 Å². The fourth-order valence-electron chi connectivity index (χ4n) is 7.76. The van der Waals surface area contributed by atoms with E-state index >= 15 is 0 Å². The quantitative estimate of drug-likeness (QED) is 0.0764. The predicted octanol–water partition coefficient (Wildman–Crippen LogP) is 7.34. The summed E-state index contributed by atoms with van der Waals surface area (Å²) in [6.07, 6.45) is 9.44. The van der Waals surface area contributed by atoms with Crippen molar-refractivity contribution in [1.29, 1.82) is 0 Å². The molecule has 1 aliphatic rings. The Labute approximate surface area is 372 Å². The molecule has 0 bridgehead atoms. The number of hydrogen-bond donors (Lipinski definition) is 0. The zero-order valence-corrected chi connectivity index (χ0v) is 43.1. The molecule has 0 aliphatic carbocycles. The van der Waals surface area contributed by atoms with Crippen LogP contribution in [0.1, 0.15) is 123 Å². The average Bonchev–Trinajstić information content (AvgIpc) is 3.25.